The SMILES string of the molecule is C=C1CCC[C@H](C)C1.C=C=C(Cc1cccc(-c2cccc(-c3cc(F)c(CC)c(/C=C\C)c3)c2CC)c1C)C1=CC/C(=C/C)CC1=O.CC.CC.[HH].[HH]. The first kappa shape index (κ1) is 43.9. The van der Waals surface area contributed by atoms with E-state index in [0.29, 0.717) is 19.3 Å². The second kappa shape index (κ2) is 22.6. The van der Waals surface area contributed by atoms with Gasteiger partial charge in [-0.3, -0.25) is 4.79 Å². The second-order valence-corrected chi connectivity index (χ2v) is 13.3. The quantitative estimate of drug-likeness (QED) is 0.168. The largest absolute Gasteiger partial charge is 0.294 e. The van der Waals surface area contributed by atoms with Crippen LogP contribution in [0.1, 0.15) is 132 Å². The summed E-state index contributed by atoms with van der Waals surface area (Å²) in [5.74, 6) is 0.894. The van der Waals surface area contributed by atoms with Crippen molar-refractivity contribution in [2.75, 3.05) is 0 Å². The molecule has 2 aliphatic rings. The first-order valence-corrected chi connectivity index (χ1v) is 19.7. The van der Waals surface area contributed by atoms with E-state index in [0.717, 1.165) is 74.4 Å². The van der Waals surface area contributed by atoms with E-state index in [4.69, 9.17) is 0 Å². The van der Waals surface area contributed by atoms with Gasteiger partial charge in [0.1, 0.15) is 5.82 Å². The molecule has 5 rings (SSSR count). The average molecular weight is 705 g/mol. The highest BCUT2D eigenvalue weighted by Gasteiger charge is 2.22. The number of ketones is 1. The third kappa shape index (κ3) is 11.4. The van der Waals surface area contributed by atoms with Gasteiger partial charge < -0.3 is 0 Å². The number of benzene rings is 3. The molecule has 0 aliphatic heterocycles. The first-order valence-electron chi connectivity index (χ1n) is 19.7. The Morgan fingerprint density at radius 3 is 2.19 bits per heavy atom. The molecular weight excluding hydrogens is 636 g/mol. The van der Waals surface area contributed by atoms with Crippen LogP contribution in [-0.4, -0.2) is 5.78 Å². The molecule has 0 unspecified atom stereocenters. The van der Waals surface area contributed by atoms with Crippen LogP contribution < -0.4 is 0 Å². The van der Waals surface area contributed by atoms with Crippen molar-refractivity contribution < 1.29 is 12.0 Å². The minimum Gasteiger partial charge on any atom is -0.294 e. The molecule has 3 aromatic carbocycles. The zero-order valence-corrected chi connectivity index (χ0v) is 34.1. The Bertz CT molecular complexity index is 1820. The van der Waals surface area contributed by atoms with Gasteiger partial charge in [-0.15, -0.1) is 5.73 Å². The Kier molecular flexibility index (Phi) is 19.1. The Morgan fingerprint density at radius 2 is 1.63 bits per heavy atom. The number of rotatable bonds is 8. The number of hydrogen-bond donors (Lipinski definition) is 0. The molecule has 282 valence electrons. The Labute approximate surface area is 319 Å². The van der Waals surface area contributed by atoms with E-state index in [1.807, 2.05) is 72.8 Å². The van der Waals surface area contributed by atoms with Crippen molar-refractivity contribution in [1.29, 1.82) is 0 Å². The van der Waals surface area contributed by atoms with E-state index in [2.05, 4.69) is 82.1 Å². The summed E-state index contributed by atoms with van der Waals surface area (Å²) >= 11 is 0. The van der Waals surface area contributed by atoms with Gasteiger partial charge in [0.15, 0.2) is 5.78 Å². The second-order valence-electron chi connectivity index (χ2n) is 13.3. The lowest BCUT2D eigenvalue weighted by atomic mass is 9.84. The fourth-order valence-corrected chi connectivity index (χ4v) is 7.24. The minimum atomic E-state index is -0.157. The summed E-state index contributed by atoms with van der Waals surface area (Å²) in [7, 11) is 0. The van der Waals surface area contributed by atoms with E-state index in [1.165, 1.54) is 42.4 Å². The lowest BCUT2D eigenvalue weighted by molar-refractivity contribution is -0.115. The van der Waals surface area contributed by atoms with Gasteiger partial charge in [0, 0.05) is 26.8 Å². The molecular formula is C50H69FO. The predicted octanol–water partition coefficient (Wildman–Crippen LogP) is 15.4. The fraction of sp³-hybridized carbons (Fsp3) is 0.400. The molecule has 1 nitrogen and oxygen atoms in total. The van der Waals surface area contributed by atoms with Gasteiger partial charge in [-0.05, 0) is 127 Å². The van der Waals surface area contributed by atoms with Crippen LogP contribution in [0.2, 0.25) is 0 Å². The number of hydrogen-bond acceptors (Lipinski definition) is 1. The van der Waals surface area contributed by atoms with Crippen molar-refractivity contribution >= 4 is 11.9 Å². The van der Waals surface area contributed by atoms with E-state index in [-0.39, 0.29) is 14.5 Å². The van der Waals surface area contributed by atoms with Crippen molar-refractivity contribution in [2.24, 2.45) is 5.92 Å². The van der Waals surface area contributed by atoms with Gasteiger partial charge >= 0.3 is 0 Å². The van der Waals surface area contributed by atoms with E-state index in [1.54, 1.807) is 6.07 Å². The van der Waals surface area contributed by atoms with Crippen molar-refractivity contribution in [3.63, 3.8) is 0 Å². The normalized spacial score (nSPS) is 16.1. The van der Waals surface area contributed by atoms with Crippen LogP contribution in [0, 0.1) is 18.7 Å². The van der Waals surface area contributed by atoms with Crippen LogP contribution >= 0.6 is 0 Å². The maximum atomic E-state index is 15.2. The summed E-state index contributed by atoms with van der Waals surface area (Å²) in [6.07, 6.45) is 16.7. The number of halogens is 1. The van der Waals surface area contributed by atoms with Crippen LogP contribution in [0.5, 0.6) is 0 Å². The summed E-state index contributed by atoms with van der Waals surface area (Å²) in [4.78, 5) is 12.9. The monoisotopic (exact) mass is 705 g/mol. The lowest BCUT2D eigenvalue weighted by Crippen LogP contribution is -2.12. The number of carbonyl (C=O) groups is 1. The molecule has 2 aliphatic carbocycles. The van der Waals surface area contributed by atoms with Crippen LogP contribution in [0.4, 0.5) is 4.39 Å². The summed E-state index contributed by atoms with van der Waals surface area (Å²) in [6.45, 7) is 28.4. The molecule has 2 heteroatoms. The van der Waals surface area contributed by atoms with Crippen LogP contribution in [-0.2, 0) is 24.1 Å². The lowest BCUT2D eigenvalue weighted by Gasteiger charge is -2.20. The third-order valence-corrected chi connectivity index (χ3v) is 9.94. The summed E-state index contributed by atoms with van der Waals surface area (Å²) in [5, 5.41) is 0. The van der Waals surface area contributed by atoms with Gasteiger partial charge in [-0.2, -0.15) is 0 Å². The topological polar surface area (TPSA) is 17.1 Å². The highest BCUT2D eigenvalue weighted by atomic mass is 19.1. The zero-order valence-electron chi connectivity index (χ0n) is 34.1. The molecule has 0 spiro atoms. The summed E-state index contributed by atoms with van der Waals surface area (Å²) in [6, 6.07) is 16.5. The molecule has 0 bridgehead atoms. The molecule has 1 fully saturated rings. The fourth-order valence-electron chi connectivity index (χ4n) is 7.24. The number of carbonyl (C=O) groups excluding carboxylic acids is 1. The van der Waals surface area contributed by atoms with E-state index in [9.17, 15) is 4.79 Å². The minimum absolute atomic E-state index is 0. The molecule has 0 amide bonds. The van der Waals surface area contributed by atoms with E-state index < -0.39 is 0 Å². The van der Waals surface area contributed by atoms with Gasteiger partial charge in [0.2, 0.25) is 0 Å². The van der Waals surface area contributed by atoms with Crippen molar-refractivity contribution in [3.8, 4) is 22.3 Å². The maximum absolute atomic E-state index is 15.2. The summed E-state index contributed by atoms with van der Waals surface area (Å²) < 4.78 is 15.2. The van der Waals surface area contributed by atoms with Crippen molar-refractivity contribution in [3.05, 3.63) is 142 Å². The molecule has 0 heterocycles. The van der Waals surface area contributed by atoms with Gasteiger partial charge in [-0.25, -0.2) is 4.39 Å². The van der Waals surface area contributed by atoms with Crippen molar-refractivity contribution in [1.82, 2.24) is 0 Å². The maximum Gasteiger partial charge on any atom is 0.167 e. The van der Waals surface area contributed by atoms with Gasteiger partial charge in [-0.1, -0.05) is 140 Å². The molecule has 3 aromatic rings. The van der Waals surface area contributed by atoms with Gasteiger partial charge in [0.25, 0.3) is 0 Å². The van der Waals surface area contributed by atoms with Crippen LogP contribution in [0.15, 0.2) is 108 Å². The molecule has 1 atom stereocenters. The standard InChI is InChI=1S/C38H39FO.C8H14.2C2H6.2H2/c1-7-14-29-23-30(24-37(39)31(29)10-4)34-17-13-18-36(32(34)11-5)33-16-12-15-28(25(33)6)22-27(9-3)35-20-19-26(8-2)21-38(35)40;1-7-4-3-5-8(2)6-7;2*1-2;;/h7-8,12-18,20,23-24H,3,10-11,19,21-22H2,1-2,4-6H3;8H,1,3-6H2,2H3;2*1-2H3;2*1H/b14-7-,26-8-;;;;;/t;8-;;;;/m.0..../s1. The average Bonchev–Trinajstić information content (AvgIpc) is 3.16. The molecule has 1 saturated carbocycles. The Morgan fingerprint density at radius 1 is 0.981 bits per heavy atom. The number of allylic oxidation sites excluding steroid dienone is 7. The van der Waals surface area contributed by atoms with Crippen molar-refractivity contribution in [2.45, 2.75) is 127 Å². The smallest absolute Gasteiger partial charge is 0.167 e. The molecule has 52 heavy (non-hydrogen) atoms. The third-order valence-electron chi connectivity index (χ3n) is 9.94. The van der Waals surface area contributed by atoms with Gasteiger partial charge in [0.05, 0.1) is 0 Å². The molecule has 0 N–H and O–H groups in total. The van der Waals surface area contributed by atoms with E-state index >= 15 is 4.39 Å². The number of Topliss-reactive ketones (excluding diaryl/α,β-unsaturated/α-hetero) is 1. The molecule has 0 aromatic heterocycles. The predicted molar refractivity (Wildman–Crippen MR) is 232 cm³/mol. The molecule has 0 radical (unpaired) electrons. The van der Waals surface area contributed by atoms with Crippen LogP contribution in [0.25, 0.3) is 28.3 Å². The highest BCUT2D eigenvalue weighted by molar-refractivity contribution is 6.02. The van der Waals surface area contributed by atoms with Crippen LogP contribution in [0.3, 0.4) is 0 Å². The zero-order chi connectivity index (χ0) is 38.8. The first-order chi connectivity index (χ1) is 25.1. The summed E-state index contributed by atoms with van der Waals surface area (Å²) in [5.41, 5.74) is 16.7. The molecule has 0 saturated heterocycles. The Hall–Kier alpha value is -4.26. The Balaban J connectivity index is 0.00000174. The highest BCUT2D eigenvalue weighted by Crippen LogP contribution is 2.37.